The number of nitrogens with two attached hydrogens (primary N) is 1. The van der Waals surface area contributed by atoms with Crippen LogP contribution in [0.1, 0.15) is 41.4 Å². The summed E-state index contributed by atoms with van der Waals surface area (Å²) in [6.45, 7) is 4.72. The van der Waals surface area contributed by atoms with Crippen molar-refractivity contribution in [2.75, 3.05) is 19.5 Å². The molecule has 2 rings (SSSR count). The van der Waals surface area contributed by atoms with Gasteiger partial charge in [-0.05, 0) is 31.2 Å². The summed E-state index contributed by atoms with van der Waals surface area (Å²) in [7, 11) is 5.39. The highest BCUT2D eigenvalue weighted by atomic mass is 32.1. The van der Waals surface area contributed by atoms with Crippen LogP contribution in [0.5, 0.6) is 0 Å². The van der Waals surface area contributed by atoms with Gasteiger partial charge in [-0.25, -0.2) is 10.4 Å². The number of hydrazone groups is 1. The maximum Gasteiger partial charge on any atom is 0.227 e. The van der Waals surface area contributed by atoms with Gasteiger partial charge in [-0.3, -0.25) is 9.48 Å². The molecule has 0 spiro atoms. The van der Waals surface area contributed by atoms with E-state index in [0.29, 0.717) is 25.9 Å². The van der Waals surface area contributed by atoms with Gasteiger partial charge in [0.15, 0.2) is 0 Å². The molecule has 0 saturated heterocycles. The third-order valence-corrected chi connectivity index (χ3v) is 6.13. The smallest absolute Gasteiger partial charge is 0.227 e. The van der Waals surface area contributed by atoms with Gasteiger partial charge < -0.3 is 15.8 Å². The van der Waals surface area contributed by atoms with Gasteiger partial charge in [0.2, 0.25) is 6.41 Å². The predicted octanol–water partition coefficient (Wildman–Crippen LogP) is 3.16. The van der Waals surface area contributed by atoms with Gasteiger partial charge in [0.05, 0.1) is 23.4 Å². The number of methoxy groups -OCH3 is 1. The molecule has 1 amide bonds. The molecule has 10 heteroatoms. The predicted molar refractivity (Wildman–Crippen MR) is 135 cm³/mol. The maximum atomic E-state index is 10.7. The van der Waals surface area contributed by atoms with E-state index in [-0.39, 0.29) is 0 Å². The van der Waals surface area contributed by atoms with Crippen LogP contribution in [0.25, 0.3) is 5.57 Å². The summed E-state index contributed by atoms with van der Waals surface area (Å²) >= 11 is 1.58. The van der Waals surface area contributed by atoms with Crippen molar-refractivity contribution < 1.29 is 9.53 Å². The van der Waals surface area contributed by atoms with Crippen LogP contribution >= 0.6 is 11.3 Å². The zero-order chi connectivity index (χ0) is 24.2. The van der Waals surface area contributed by atoms with Crippen molar-refractivity contribution in [1.82, 2.24) is 20.2 Å². The molecule has 33 heavy (non-hydrogen) atoms. The van der Waals surface area contributed by atoms with Gasteiger partial charge in [0.25, 0.3) is 0 Å². The molecule has 0 fully saturated rings. The fraction of sp³-hybridized carbons (Fsp3) is 0.391. The Labute approximate surface area is 199 Å². The highest BCUT2D eigenvalue weighted by Gasteiger charge is 2.16. The van der Waals surface area contributed by atoms with Crippen LogP contribution in [0, 0.1) is 0 Å². The van der Waals surface area contributed by atoms with Crippen molar-refractivity contribution in [3.05, 3.63) is 56.8 Å². The van der Waals surface area contributed by atoms with Crippen LogP contribution in [-0.2, 0) is 36.0 Å². The largest absolute Gasteiger partial charge is 0.405 e. The van der Waals surface area contributed by atoms with Gasteiger partial charge >= 0.3 is 0 Å². The van der Waals surface area contributed by atoms with E-state index in [1.54, 1.807) is 35.5 Å². The summed E-state index contributed by atoms with van der Waals surface area (Å²) in [5, 5.41) is 12.7. The quantitative estimate of drug-likeness (QED) is 0.179. The van der Waals surface area contributed by atoms with Gasteiger partial charge in [0, 0.05) is 51.4 Å². The molecule has 0 radical (unpaired) electrons. The molecule has 9 nitrogen and oxygen atoms in total. The fourth-order valence-corrected chi connectivity index (χ4v) is 4.34. The zero-order valence-electron chi connectivity index (χ0n) is 19.9. The van der Waals surface area contributed by atoms with Crippen LogP contribution in [0.3, 0.4) is 0 Å². The molecule has 0 aliphatic rings. The minimum atomic E-state index is 0.486. The lowest BCUT2D eigenvalue weighted by Crippen LogP contribution is -2.02. The summed E-state index contributed by atoms with van der Waals surface area (Å²) in [6, 6.07) is 0. The Morgan fingerprint density at radius 2 is 2.21 bits per heavy atom. The Hall–Kier alpha value is -3.24. The van der Waals surface area contributed by atoms with E-state index in [9.17, 15) is 4.79 Å². The number of thiazole rings is 1. The number of rotatable bonds is 13. The first kappa shape index (κ1) is 26.0. The van der Waals surface area contributed by atoms with Gasteiger partial charge in [-0.1, -0.05) is 18.6 Å². The SMILES string of the molecule is CC/C(C)=C(\C=C/N)Cc1nc(NC)c(C(/C=N\NC=O)=C/Cc2nn(C)cc2COC)s1. The number of nitrogens with zero attached hydrogens (tertiary/aromatic N) is 4. The molecule has 2 aromatic heterocycles. The third kappa shape index (κ3) is 7.40. The molecule has 0 aliphatic heterocycles. The summed E-state index contributed by atoms with van der Waals surface area (Å²) in [4.78, 5) is 16.4. The van der Waals surface area contributed by atoms with Crippen LogP contribution in [0.2, 0.25) is 0 Å². The third-order valence-electron chi connectivity index (χ3n) is 5.03. The minimum absolute atomic E-state index is 0.486. The number of nitrogens with one attached hydrogen (secondary N) is 2. The van der Waals surface area contributed by atoms with Gasteiger partial charge in [-0.2, -0.15) is 10.2 Å². The zero-order valence-corrected chi connectivity index (χ0v) is 20.7. The monoisotopic (exact) mass is 471 g/mol. The van der Waals surface area contributed by atoms with Crippen molar-refractivity contribution in [1.29, 1.82) is 0 Å². The number of anilines is 1. The van der Waals surface area contributed by atoms with Crippen molar-refractivity contribution in [2.45, 2.75) is 39.7 Å². The molecule has 2 aromatic rings. The molecule has 0 bridgehead atoms. The van der Waals surface area contributed by atoms with E-state index in [1.807, 2.05) is 32.4 Å². The molecule has 4 N–H and O–H groups in total. The maximum absolute atomic E-state index is 10.7. The fourth-order valence-electron chi connectivity index (χ4n) is 3.24. The lowest BCUT2D eigenvalue weighted by atomic mass is 10.0. The van der Waals surface area contributed by atoms with E-state index in [2.05, 4.69) is 34.8 Å². The number of ether oxygens (including phenoxy) is 1. The van der Waals surface area contributed by atoms with Crippen molar-refractivity contribution in [2.24, 2.45) is 17.9 Å². The first-order valence-corrected chi connectivity index (χ1v) is 11.5. The number of allylic oxidation sites excluding steroid dienone is 5. The van der Waals surface area contributed by atoms with Crippen LogP contribution < -0.4 is 16.5 Å². The number of hydrogen-bond acceptors (Lipinski definition) is 8. The first-order valence-electron chi connectivity index (χ1n) is 10.6. The number of aromatic nitrogens is 3. The standard InChI is InChI=1S/C23H33N7O2S/c1-6-16(2)17(9-10-24)11-21-28-23(25-3)22(33-21)18(12-26-27-15-31)7-8-20-19(14-32-5)13-30(4)29-20/h7,9-10,12-13,15,25H,6,8,11,14,24H2,1-5H3,(H,27,31)/b10-9-,17-16+,18-7+,26-12-. The van der Waals surface area contributed by atoms with Crippen molar-refractivity contribution in [3.63, 3.8) is 0 Å². The lowest BCUT2D eigenvalue weighted by molar-refractivity contribution is -0.109. The topological polar surface area (TPSA) is 119 Å². The number of carbonyl (C=O) groups excluding carboxylic acids is 1. The minimum Gasteiger partial charge on any atom is -0.405 e. The molecule has 0 atom stereocenters. The lowest BCUT2D eigenvalue weighted by Gasteiger charge is -2.04. The molecular formula is C23H33N7O2S. The van der Waals surface area contributed by atoms with E-state index in [4.69, 9.17) is 15.5 Å². The highest BCUT2D eigenvalue weighted by molar-refractivity contribution is 7.13. The molecule has 0 unspecified atom stereocenters. The Balaban J connectivity index is 2.45. The Morgan fingerprint density at radius 1 is 1.42 bits per heavy atom. The summed E-state index contributed by atoms with van der Waals surface area (Å²) < 4.78 is 7.07. The van der Waals surface area contributed by atoms with Crippen molar-refractivity contribution in [3.8, 4) is 0 Å². The molecule has 0 saturated carbocycles. The Bertz CT molecular complexity index is 1050. The number of carbonyl (C=O) groups is 1. The van der Waals surface area contributed by atoms with Crippen LogP contribution in [-0.4, -0.2) is 41.5 Å². The number of aryl methyl sites for hydroxylation is 1. The van der Waals surface area contributed by atoms with Crippen molar-refractivity contribution >= 4 is 35.4 Å². The second-order valence-corrected chi connectivity index (χ2v) is 8.39. The van der Waals surface area contributed by atoms with E-state index in [1.165, 1.54) is 5.57 Å². The summed E-state index contributed by atoms with van der Waals surface area (Å²) in [5.41, 5.74) is 13.2. The molecule has 178 valence electrons. The van der Waals surface area contributed by atoms with Gasteiger partial charge in [-0.15, -0.1) is 11.3 Å². The highest BCUT2D eigenvalue weighted by Crippen LogP contribution is 2.32. The van der Waals surface area contributed by atoms with E-state index >= 15 is 0 Å². The number of hydrogen-bond donors (Lipinski definition) is 3. The average molecular weight is 472 g/mol. The molecular weight excluding hydrogens is 438 g/mol. The number of amides is 1. The normalized spacial score (nSPS) is 13.1. The van der Waals surface area contributed by atoms with Crippen LogP contribution in [0.4, 0.5) is 5.82 Å². The average Bonchev–Trinajstić information content (AvgIpc) is 3.38. The second kappa shape index (κ2) is 13.3. The second-order valence-electron chi connectivity index (χ2n) is 7.31. The van der Waals surface area contributed by atoms with Crippen LogP contribution in [0.15, 0.2) is 40.8 Å². The Kier molecular flexibility index (Phi) is 10.5. The van der Waals surface area contributed by atoms with E-state index < -0.39 is 0 Å². The van der Waals surface area contributed by atoms with Gasteiger partial charge in [0.1, 0.15) is 10.8 Å². The Morgan fingerprint density at radius 3 is 2.85 bits per heavy atom. The molecule has 2 heterocycles. The van der Waals surface area contributed by atoms with E-state index in [0.717, 1.165) is 44.5 Å². The first-order chi connectivity index (χ1) is 16.0. The summed E-state index contributed by atoms with van der Waals surface area (Å²) in [6.07, 6.45) is 11.8. The molecule has 0 aliphatic carbocycles. The summed E-state index contributed by atoms with van der Waals surface area (Å²) in [5.74, 6) is 0.752. The molecule has 0 aromatic carbocycles.